The quantitative estimate of drug-likeness (QED) is 0.706. The summed E-state index contributed by atoms with van der Waals surface area (Å²) in [5.74, 6) is 0.312. The molecule has 20 heavy (non-hydrogen) atoms. The summed E-state index contributed by atoms with van der Waals surface area (Å²) in [4.78, 5) is 0. The minimum absolute atomic E-state index is 0.185. The van der Waals surface area contributed by atoms with Crippen LogP contribution < -0.4 is 5.32 Å². The monoisotopic (exact) mass is 299 g/mol. The van der Waals surface area contributed by atoms with Gasteiger partial charge in [0, 0.05) is 6.54 Å². The lowest BCUT2D eigenvalue weighted by Gasteiger charge is -2.30. The fourth-order valence-electron chi connectivity index (χ4n) is 2.65. The standard InChI is InChI=1S/C17H27ClFN/c1-5-8-17(4,12-20-11-13(2)3)10-14-6-7-16(19)15(18)9-14/h6-7,9,13,20H,5,8,10-12H2,1-4H3. The average Bonchev–Trinajstić information content (AvgIpc) is 2.33. The van der Waals surface area contributed by atoms with Gasteiger partial charge in [-0.2, -0.15) is 0 Å². The maximum absolute atomic E-state index is 13.2. The zero-order valence-corrected chi connectivity index (χ0v) is 13.9. The van der Waals surface area contributed by atoms with Gasteiger partial charge in [-0.1, -0.05) is 51.8 Å². The van der Waals surface area contributed by atoms with Gasteiger partial charge in [0.15, 0.2) is 0 Å². The molecule has 114 valence electrons. The maximum Gasteiger partial charge on any atom is 0.141 e. The Morgan fingerprint density at radius 2 is 2.05 bits per heavy atom. The normalized spacial score (nSPS) is 14.6. The summed E-state index contributed by atoms with van der Waals surface area (Å²) >= 11 is 5.88. The zero-order chi connectivity index (χ0) is 15.2. The highest BCUT2D eigenvalue weighted by Gasteiger charge is 2.23. The van der Waals surface area contributed by atoms with E-state index in [4.69, 9.17) is 11.6 Å². The van der Waals surface area contributed by atoms with Gasteiger partial charge < -0.3 is 5.32 Å². The Bertz CT molecular complexity index is 419. The molecule has 0 heterocycles. The summed E-state index contributed by atoms with van der Waals surface area (Å²) in [7, 11) is 0. The van der Waals surface area contributed by atoms with Crippen molar-refractivity contribution in [3.05, 3.63) is 34.6 Å². The van der Waals surface area contributed by atoms with Crippen LogP contribution in [0.1, 0.15) is 46.1 Å². The van der Waals surface area contributed by atoms with E-state index >= 15 is 0 Å². The van der Waals surface area contributed by atoms with Gasteiger partial charge in [0.2, 0.25) is 0 Å². The first-order valence-corrected chi connectivity index (χ1v) is 7.89. The highest BCUT2D eigenvalue weighted by Crippen LogP contribution is 2.29. The molecule has 0 radical (unpaired) electrons. The second-order valence-corrected chi connectivity index (χ2v) is 6.92. The SMILES string of the molecule is CCCC(C)(CNCC(C)C)Cc1ccc(F)c(Cl)c1. The molecule has 1 N–H and O–H groups in total. The molecule has 1 unspecified atom stereocenters. The first-order chi connectivity index (χ1) is 9.36. The van der Waals surface area contributed by atoms with Crippen molar-refractivity contribution >= 4 is 11.6 Å². The Labute approximate surface area is 127 Å². The van der Waals surface area contributed by atoms with E-state index in [-0.39, 0.29) is 16.3 Å². The number of hydrogen-bond donors (Lipinski definition) is 1. The lowest BCUT2D eigenvalue weighted by Crippen LogP contribution is -2.35. The van der Waals surface area contributed by atoms with Crippen molar-refractivity contribution in [2.45, 2.75) is 47.0 Å². The van der Waals surface area contributed by atoms with Crippen molar-refractivity contribution in [1.29, 1.82) is 0 Å². The second-order valence-electron chi connectivity index (χ2n) is 6.51. The molecule has 0 spiro atoms. The average molecular weight is 300 g/mol. The minimum Gasteiger partial charge on any atom is -0.316 e. The van der Waals surface area contributed by atoms with E-state index < -0.39 is 0 Å². The first-order valence-electron chi connectivity index (χ1n) is 7.51. The number of rotatable bonds is 8. The minimum atomic E-state index is -0.342. The fourth-order valence-corrected chi connectivity index (χ4v) is 2.85. The second kappa shape index (κ2) is 7.99. The molecule has 1 atom stereocenters. The van der Waals surface area contributed by atoms with Gasteiger partial charge in [-0.15, -0.1) is 0 Å². The van der Waals surface area contributed by atoms with E-state index in [0.717, 1.165) is 37.9 Å². The summed E-state index contributed by atoms with van der Waals surface area (Å²) in [6.45, 7) is 10.9. The molecule has 1 aromatic carbocycles. The third kappa shape index (κ3) is 5.80. The zero-order valence-electron chi connectivity index (χ0n) is 13.1. The van der Waals surface area contributed by atoms with Gasteiger partial charge in [0.1, 0.15) is 5.82 Å². The third-order valence-electron chi connectivity index (χ3n) is 3.57. The molecule has 0 aliphatic rings. The molecule has 0 saturated heterocycles. The lowest BCUT2D eigenvalue weighted by molar-refractivity contribution is 0.271. The Morgan fingerprint density at radius 1 is 1.35 bits per heavy atom. The van der Waals surface area contributed by atoms with Gasteiger partial charge in [-0.3, -0.25) is 0 Å². The van der Waals surface area contributed by atoms with Crippen molar-refractivity contribution in [2.24, 2.45) is 11.3 Å². The Kier molecular flexibility index (Phi) is 6.97. The van der Waals surface area contributed by atoms with Gasteiger partial charge in [0.25, 0.3) is 0 Å². The van der Waals surface area contributed by atoms with E-state index in [1.54, 1.807) is 6.07 Å². The van der Waals surface area contributed by atoms with Crippen LogP contribution in [0.4, 0.5) is 4.39 Å². The van der Waals surface area contributed by atoms with Gasteiger partial charge in [-0.25, -0.2) is 4.39 Å². The predicted octanol–water partition coefficient (Wildman–Crippen LogP) is 5.07. The van der Waals surface area contributed by atoms with Crippen LogP contribution in [-0.2, 0) is 6.42 Å². The number of halogens is 2. The number of hydrogen-bond acceptors (Lipinski definition) is 1. The highest BCUT2D eigenvalue weighted by molar-refractivity contribution is 6.30. The van der Waals surface area contributed by atoms with Crippen LogP contribution in [-0.4, -0.2) is 13.1 Å². The summed E-state index contributed by atoms with van der Waals surface area (Å²) in [6.07, 6.45) is 3.22. The van der Waals surface area contributed by atoms with Crippen molar-refractivity contribution in [3.8, 4) is 0 Å². The van der Waals surface area contributed by atoms with E-state index in [1.807, 2.05) is 6.07 Å². The molecule has 1 aromatic rings. The number of nitrogens with one attached hydrogen (secondary N) is 1. The first kappa shape index (κ1) is 17.5. The topological polar surface area (TPSA) is 12.0 Å². The molecular weight excluding hydrogens is 273 g/mol. The van der Waals surface area contributed by atoms with Crippen molar-refractivity contribution in [2.75, 3.05) is 13.1 Å². The Hall–Kier alpha value is -0.600. The summed E-state index contributed by atoms with van der Waals surface area (Å²) in [5.41, 5.74) is 1.30. The van der Waals surface area contributed by atoms with Crippen LogP contribution >= 0.6 is 11.6 Å². The predicted molar refractivity (Wildman–Crippen MR) is 85.8 cm³/mol. The molecule has 0 aromatic heterocycles. The molecule has 0 fully saturated rings. The molecule has 1 rings (SSSR count). The smallest absolute Gasteiger partial charge is 0.141 e. The van der Waals surface area contributed by atoms with E-state index in [1.165, 1.54) is 6.07 Å². The molecule has 0 aliphatic heterocycles. The number of benzene rings is 1. The maximum atomic E-state index is 13.2. The highest BCUT2D eigenvalue weighted by atomic mass is 35.5. The fraction of sp³-hybridized carbons (Fsp3) is 0.647. The van der Waals surface area contributed by atoms with E-state index in [2.05, 4.69) is 33.0 Å². The van der Waals surface area contributed by atoms with E-state index in [9.17, 15) is 4.39 Å². The summed E-state index contributed by atoms with van der Waals surface area (Å²) < 4.78 is 13.2. The lowest BCUT2D eigenvalue weighted by atomic mass is 9.79. The van der Waals surface area contributed by atoms with Crippen LogP contribution in [0.2, 0.25) is 5.02 Å². The van der Waals surface area contributed by atoms with Crippen LogP contribution in [0.5, 0.6) is 0 Å². The molecule has 0 saturated carbocycles. The van der Waals surface area contributed by atoms with E-state index in [0.29, 0.717) is 5.92 Å². The third-order valence-corrected chi connectivity index (χ3v) is 3.86. The Morgan fingerprint density at radius 3 is 2.60 bits per heavy atom. The molecule has 1 nitrogen and oxygen atoms in total. The summed E-state index contributed by atoms with van der Waals surface area (Å²) in [6, 6.07) is 5.07. The molecule has 3 heteroatoms. The van der Waals surface area contributed by atoms with Crippen LogP contribution in [0.3, 0.4) is 0 Å². The molecular formula is C17H27ClFN. The van der Waals surface area contributed by atoms with Crippen LogP contribution in [0.25, 0.3) is 0 Å². The van der Waals surface area contributed by atoms with Crippen molar-refractivity contribution < 1.29 is 4.39 Å². The van der Waals surface area contributed by atoms with Crippen molar-refractivity contribution in [3.63, 3.8) is 0 Å². The van der Waals surface area contributed by atoms with Crippen molar-refractivity contribution in [1.82, 2.24) is 5.32 Å². The van der Waals surface area contributed by atoms with Gasteiger partial charge in [0.05, 0.1) is 5.02 Å². The largest absolute Gasteiger partial charge is 0.316 e. The van der Waals surface area contributed by atoms with Crippen LogP contribution in [0.15, 0.2) is 18.2 Å². The molecule has 0 amide bonds. The summed E-state index contributed by atoms with van der Waals surface area (Å²) in [5, 5.41) is 3.77. The molecule has 0 aliphatic carbocycles. The molecule has 0 bridgehead atoms. The van der Waals surface area contributed by atoms with Gasteiger partial charge >= 0.3 is 0 Å². The Balaban J connectivity index is 2.71. The van der Waals surface area contributed by atoms with Gasteiger partial charge in [-0.05, 0) is 48.4 Å². The van der Waals surface area contributed by atoms with Crippen LogP contribution in [0, 0.1) is 17.2 Å².